The summed E-state index contributed by atoms with van der Waals surface area (Å²) in [5.41, 5.74) is 6.97. The number of likely N-dealkylation sites (N-methyl/N-ethyl adjacent to an activating group) is 1. The molecule has 0 amide bonds. The van der Waals surface area contributed by atoms with Gasteiger partial charge in [-0.15, -0.1) is 0 Å². The van der Waals surface area contributed by atoms with E-state index in [1.165, 1.54) is 28.6 Å². The second-order valence-corrected chi connectivity index (χ2v) is 16.5. The Morgan fingerprint density at radius 2 is 1.62 bits per heavy atom. The standard InChI is InChI=1S/C40H48ClN7O6S/c1-7-47-31-19-17-26(2)22-29(31)39(3,4)33(47)15-11-8-12-16-34-40(5,6)30-23-28(55(52,53)54)18-20-32(30)48(34)21-13-9-10-14-27(49)24-42-37-44-36(41)45-38(46-37)43-25-35(50)51/h8,11-12,15-20,22-23H,7,9-10,13-14,21,24-25H2,1-6H3,(H3-,42,43,44,45,46,50,51,52,53,54)/p+1. The van der Waals surface area contributed by atoms with E-state index in [4.69, 9.17) is 16.7 Å². The number of hydrogen-bond acceptors (Lipinski definition) is 10. The first-order chi connectivity index (χ1) is 25.9. The molecule has 0 saturated carbocycles. The fraction of sp³-hybridized carbons (Fsp3) is 0.400. The number of carbonyl (C=O) groups excluding carboxylic acids is 1. The van der Waals surface area contributed by atoms with Crippen molar-refractivity contribution < 1.29 is 32.2 Å². The predicted molar refractivity (Wildman–Crippen MR) is 216 cm³/mol. The Morgan fingerprint density at radius 3 is 2.29 bits per heavy atom. The maximum absolute atomic E-state index is 12.7. The second-order valence-electron chi connectivity index (χ2n) is 14.7. The molecular formula is C40H49ClN7O6S+. The molecule has 0 unspecified atom stereocenters. The lowest BCUT2D eigenvalue weighted by Crippen LogP contribution is -2.28. The van der Waals surface area contributed by atoms with Crippen LogP contribution in [0.5, 0.6) is 0 Å². The van der Waals surface area contributed by atoms with Crippen LogP contribution in [0.25, 0.3) is 0 Å². The summed E-state index contributed by atoms with van der Waals surface area (Å²) in [5, 5.41) is 14.1. The number of Topliss-reactive ketones (excluding diaryl/α,β-unsaturated/α-hetero) is 1. The topological polar surface area (TPSA) is 178 Å². The van der Waals surface area contributed by atoms with Crippen LogP contribution in [0.4, 0.5) is 23.3 Å². The number of carboxylic acid groups (broad SMARTS) is 1. The van der Waals surface area contributed by atoms with E-state index in [1.54, 1.807) is 12.1 Å². The van der Waals surface area contributed by atoms with Crippen LogP contribution >= 0.6 is 11.6 Å². The summed E-state index contributed by atoms with van der Waals surface area (Å²) in [4.78, 5) is 37.5. The van der Waals surface area contributed by atoms with Gasteiger partial charge in [0.15, 0.2) is 11.5 Å². The highest BCUT2D eigenvalue weighted by molar-refractivity contribution is 7.85. The van der Waals surface area contributed by atoms with E-state index in [-0.39, 0.29) is 39.8 Å². The molecule has 2 aliphatic rings. The van der Waals surface area contributed by atoms with E-state index in [0.29, 0.717) is 19.4 Å². The summed E-state index contributed by atoms with van der Waals surface area (Å²) < 4.78 is 36.2. The number of halogens is 1. The molecule has 0 radical (unpaired) electrons. The number of aryl methyl sites for hydroxylation is 1. The zero-order valence-corrected chi connectivity index (χ0v) is 33.6. The Balaban J connectivity index is 1.26. The summed E-state index contributed by atoms with van der Waals surface area (Å²) in [6.07, 6.45) is 12.8. The highest BCUT2D eigenvalue weighted by atomic mass is 35.5. The van der Waals surface area contributed by atoms with Crippen molar-refractivity contribution in [1.29, 1.82) is 0 Å². The number of aromatic nitrogens is 3. The summed E-state index contributed by atoms with van der Waals surface area (Å²) in [5.74, 6) is -1.11. The van der Waals surface area contributed by atoms with Crippen LogP contribution in [0.2, 0.25) is 5.28 Å². The minimum atomic E-state index is -4.39. The molecule has 0 saturated heterocycles. The van der Waals surface area contributed by atoms with Crippen molar-refractivity contribution in [3.63, 3.8) is 0 Å². The molecule has 0 atom stereocenters. The number of carboxylic acids is 1. The van der Waals surface area contributed by atoms with Crippen LogP contribution in [0.1, 0.15) is 77.0 Å². The summed E-state index contributed by atoms with van der Waals surface area (Å²) >= 11 is 5.91. The molecule has 15 heteroatoms. The van der Waals surface area contributed by atoms with Gasteiger partial charge in [-0.25, -0.2) is 0 Å². The Kier molecular flexibility index (Phi) is 12.6. The van der Waals surface area contributed by atoms with Crippen LogP contribution in [0.15, 0.2) is 77.4 Å². The van der Waals surface area contributed by atoms with Gasteiger partial charge in [0.05, 0.1) is 16.9 Å². The number of unbranched alkanes of at least 4 members (excludes halogenated alkanes) is 2. The number of carbonyl (C=O) groups is 2. The fourth-order valence-corrected chi connectivity index (χ4v) is 7.91. The zero-order chi connectivity index (χ0) is 40.1. The van der Waals surface area contributed by atoms with Crippen LogP contribution in [0.3, 0.4) is 0 Å². The molecule has 13 nitrogen and oxygen atoms in total. The van der Waals surface area contributed by atoms with Gasteiger partial charge in [-0.3, -0.25) is 14.1 Å². The van der Waals surface area contributed by atoms with Gasteiger partial charge in [-0.05, 0) is 82.0 Å². The monoisotopic (exact) mass is 790 g/mol. The number of ketones is 1. The predicted octanol–water partition coefficient (Wildman–Crippen LogP) is 7.01. The lowest BCUT2D eigenvalue weighted by atomic mass is 9.81. The molecule has 3 aromatic rings. The van der Waals surface area contributed by atoms with Crippen LogP contribution in [-0.4, -0.2) is 81.2 Å². The van der Waals surface area contributed by atoms with Crippen molar-refractivity contribution >= 4 is 62.5 Å². The largest absolute Gasteiger partial charge is 0.480 e. The Labute approximate surface area is 327 Å². The number of aliphatic carboxylic acids is 1. The molecule has 3 heterocycles. The van der Waals surface area contributed by atoms with Gasteiger partial charge < -0.3 is 20.6 Å². The first-order valence-corrected chi connectivity index (χ1v) is 20.1. The molecule has 0 aliphatic carbocycles. The van der Waals surface area contributed by atoms with Crippen molar-refractivity contribution in [1.82, 2.24) is 15.0 Å². The Bertz CT molecular complexity index is 2210. The van der Waals surface area contributed by atoms with Crippen molar-refractivity contribution in [2.45, 2.75) is 83.0 Å². The van der Waals surface area contributed by atoms with Crippen molar-refractivity contribution in [2.75, 3.05) is 41.7 Å². The summed E-state index contributed by atoms with van der Waals surface area (Å²) in [6.45, 7) is 13.9. The van der Waals surface area contributed by atoms with E-state index in [1.807, 2.05) is 26.0 Å². The normalized spacial score (nSPS) is 16.7. The van der Waals surface area contributed by atoms with Crippen molar-refractivity contribution in [3.8, 4) is 0 Å². The third-order valence-corrected chi connectivity index (χ3v) is 11.1. The number of benzene rings is 2. The first kappa shape index (κ1) is 41.2. The van der Waals surface area contributed by atoms with Crippen LogP contribution < -0.4 is 15.5 Å². The Morgan fingerprint density at radius 1 is 0.909 bits per heavy atom. The molecule has 1 aromatic heterocycles. The highest BCUT2D eigenvalue weighted by Gasteiger charge is 2.45. The van der Waals surface area contributed by atoms with Gasteiger partial charge in [0, 0.05) is 53.9 Å². The average Bonchev–Trinajstić information content (AvgIpc) is 3.46. The number of hydrogen-bond donors (Lipinski definition) is 4. The average molecular weight is 791 g/mol. The molecule has 55 heavy (non-hydrogen) atoms. The minimum Gasteiger partial charge on any atom is -0.480 e. The van der Waals surface area contributed by atoms with E-state index >= 15 is 0 Å². The van der Waals surface area contributed by atoms with Gasteiger partial charge in [-0.1, -0.05) is 49.8 Å². The third-order valence-electron chi connectivity index (χ3n) is 10.0. The molecule has 0 spiro atoms. The molecule has 2 aliphatic heterocycles. The third kappa shape index (κ3) is 9.49. The fourth-order valence-electron chi connectivity index (χ4n) is 7.24. The summed E-state index contributed by atoms with van der Waals surface area (Å²) in [7, 11) is -4.39. The van der Waals surface area contributed by atoms with Crippen molar-refractivity contribution in [3.05, 3.63) is 94.4 Å². The van der Waals surface area contributed by atoms with E-state index in [9.17, 15) is 22.6 Å². The first-order valence-electron chi connectivity index (χ1n) is 18.3. The van der Waals surface area contributed by atoms with Gasteiger partial charge in [0.25, 0.3) is 10.1 Å². The lowest BCUT2D eigenvalue weighted by Gasteiger charge is -2.25. The lowest BCUT2D eigenvalue weighted by molar-refractivity contribution is -0.438. The molecule has 4 N–H and O–H groups in total. The van der Waals surface area contributed by atoms with Crippen LogP contribution in [-0.2, 0) is 30.5 Å². The Hall–Kier alpha value is -4.92. The van der Waals surface area contributed by atoms with Gasteiger partial charge >= 0.3 is 5.97 Å². The zero-order valence-electron chi connectivity index (χ0n) is 32.1. The molecule has 292 valence electrons. The molecular weight excluding hydrogens is 742 g/mol. The molecule has 2 aromatic carbocycles. The van der Waals surface area contributed by atoms with Crippen molar-refractivity contribution in [2.24, 2.45) is 0 Å². The maximum atomic E-state index is 12.7. The van der Waals surface area contributed by atoms with Gasteiger partial charge in [0.2, 0.25) is 22.9 Å². The smallest absolute Gasteiger partial charge is 0.322 e. The molecule has 5 rings (SSSR count). The summed E-state index contributed by atoms with van der Waals surface area (Å²) in [6, 6.07) is 11.3. The van der Waals surface area contributed by atoms with Gasteiger partial charge in [0.1, 0.15) is 13.1 Å². The molecule has 0 bridgehead atoms. The minimum absolute atomic E-state index is 0.0181. The molecule has 0 fully saturated rings. The maximum Gasteiger partial charge on any atom is 0.322 e. The SMILES string of the molecule is CCN1C(=CC=CC=CC2=[N+](CCCCCC(=O)CNc3nc(Cl)nc(NCC(=O)O)n3)c3ccc(S(=O)(=O)O)cc3C2(C)C)C(C)(C)c2cc(C)ccc21. The van der Waals surface area contributed by atoms with Gasteiger partial charge in [-0.2, -0.15) is 27.9 Å². The number of nitrogens with zero attached hydrogens (tertiary/aromatic N) is 5. The van der Waals surface area contributed by atoms with E-state index < -0.39 is 28.0 Å². The number of fused-ring (bicyclic) bond motifs is 2. The quantitative estimate of drug-likeness (QED) is 0.0477. The highest BCUT2D eigenvalue weighted by Crippen LogP contribution is 2.48. The number of allylic oxidation sites excluding steroid dienone is 6. The number of rotatable bonds is 17. The van der Waals surface area contributed by atoms with E-state index in [2.05, 4.69) is 99.2 Å². The van der Waals surface area contributed by atoms with E-state index in [0.717, 1.165) is 36.3 Å². The van der Waals surface area contributed by atoms with Crippen LogP contribution in [0, 0.1) is 6.92 Å². The number of nitrogens with one attached hydrogen (secondary N) is 2. The number of anilines is 3. The second kappa shape index (κ2) is 16.8.